The highest BCUT2D eigenvalue weighted by Crippen LogP contribution is 2.32. The lowest BCUT2D eigenvalue weighted by Crippen LogP contribution is -2.13. The largest absolute Gasteiger partial charge is 0.340 e. The first-order valence-corrected chi connectivity index (χ1v) is 9.65. The van der Waals surface area contributed by atoms with Gasteiger partial charge in [0.15, 0.2) is 5.82 Å². The molecule has 1 amide bonds. The average Bonchev–Trinajstić information content (AvgIpc) is 3.37. The highest BCUT2D eigenvalue weighted by atomic mass is 16.1. The Labute approximate surface area is 162 Å². The van der Waals surface area contributed by atoms with E-state index in [2.05, 4.69) is 25.1 Å². The van der Waals surface area contributed by atoms with Gasteiger partial charge in [-0.2, -0.15) is 0 Å². The standard InChI is InChI=1S/C21H20N6O/c28-21-19-14(12-22-21)6-4-9-16(19)24-18-11-5-10-17(25-18)20-26-23-13-27(20)15-7-2-1-3-8-15/h4-6,9-13,15H,1-3,7-8H2,(H,24,25). The second kappa shape index (κ2) is 6.99. The van der Waals surface area contributed by atoms with Crippen LogP contribution in [0.15, 0.2) is 47.7 Å². The number of hydrogen-bond donors (Lipinski definition) is 1. The van der Waals surface area contributed by atoms with Crippen molar-refractivity contribution in [3.05, 3.63) is 53.9 Å². The lowest BCUT2D eigenvalue weighted by Gasteiger charge is -2.23. The van der Waals surface area contributed by atoms with Crippen LogP contribution in [0.4, 0.5) is 11.5 Å². The van der Waals surface area contributed by atoms with Gasteiger partial charge >= 0.3 is 0 Å². The molecule has 1 fully saturated rings. The second-order valence-corrected chi connectivity index (χ2v) is 7.22. The van der Waals surface area contributed by atoms with E-state index < -0.39 is 0 Å². The van der Waals surface area contributed by atoms with Gasteiger partial charge in [-0.3, -0.25) is 4.79 Å². The number of pyridine rings is 1. The number of rotatable bonds is 4. The molecule has 28 heavy (non-hydrogen) atoms. The molecule has 1 aliphatic carbocycles. The van der Waals surface area contributed by atoms with E-state index >= 15 is 0 Å². The van der Waals surface area contributed by atoms with Gasteiger partial charge in [-0.05, 0) is 31.0 Å². The van der Waals surface area contributed by atoms with Crippen LogP contribution in [0.3, 0.4) is 0 Å². The molecule has 1 saturated carbocycles. The van der Waals surface area contributed by atoms with Crippen molar-refractivity contribution in [3.8, 4) is 11.5 Å². The van der Waals surface area contributed by atoms with Gasteiger partial charge in [0, 0.05) is 17.8 Å². The minimum Gasteiger partial charge on any atom is -0.340 e. The summed E-state index contributed by atoms with van der Waals surface area (Å²) >= 11 is 0. The summed E-state index contributed by atoms with van der Waals surface area (Å²) in [6.45, 7) is 0. The minimum absolute atomic E-state index is 0.230. The van der Waals surface area contributed by atoms with E-state index in [-0.39, 0.29) is 5.91 Å². The van der Waals surface area contributed by atoms with Crippen LogP contribution in [0.25, 0.3) is 11.5 Å². The molecule has 0 saturated heterocycles. The Hall–Kier alpha value is -3.35. The molecule has 3 heterocycles. The van der Waals surface area contributed by atoms with Crippen molar-refractivity contribution < 1.29 is 4.79 Å². The maximum absolute atomic E-state index is 12.1. The molecule has 1 aliphatic heterocycles. The summed E-state index contributed by atoms with van der Waals surface area (Å²) in [4.78, 5) is 20.7. The fourth-order valence-electron chi connectivity index (χ4n) is 4.03. The molecular formula is C21H20N6O. The topological polar surface area (TPSA) is 85.1 Å². The van der Waals surface area contributed by atoms with Gasteiger partial charge in [0.05, 0.1) is 11.3 Å². The number of amides is 1. The number of anilines is 2. The van der Waals surface area contributed by atoms with Gasteiger partial charge in [-0.15, -0.1) is 10.2 Å². The summed E-state index contributed by atoms with van der Waals surface area (Å²) in [5.74, 6) is 1.21. The lowest BCUT2D eigenvalue weighted by molar-refractivity contribution is 0.101. The number of aromatic nitrogens is 4. The van der Waals surface area contributed by atoms with Crippen LogP contribution < -0.4 is 5.32 Å². The number of carbonyl (C=O) groups excluding carboxylic acids is 1. The van der Waals surface area contributed by atoms with Crippen molar-refractivity contribution in [1.29, 1.82) is 0 Å². The molecular weight excluding hydrogens is 352 g/mol. The molecule has 2 aliphatic rings. The first-order chi connectivity index (χ1) is 13.8. The van der Waals surface area contributed by atoms with E-state index in [0.717, 1.165) is 29.9 Å². The van der Waals surface area contributed by atoms with Crippen molar-refractivity contribution in [2.24, 2.45) is 4.99 Å². The summed E-state index contributed by atoms with van der Waals surface area (Å²) < 4.78 is 2.16. The van der Waals surface area contributed by atoms with Gasteiger partial charge in [-0.1, -0.05) is 37.5 Å². The quantitative estimate of drug-likeness (QED) is 0.743. The Bertz CT molecular complexity index is 1060. The van der Waals surface area contributed by atoms with Crippen molar-refractivity contribution in [3.63, 3.8) is 0 Å². The second-order valence-electron chi connectivity index (χ2n) is 7.22. The molecule has 7 nitrogen and oxygen atoms in total. The first-order valence-electron chi connectivity index (χ1n) is 9.65. The summed E-state index contributed by atoms with van der Waals surface area (Å²) in [6, 6.07) is 11.8. The van der Waals surface area contributed by atoms with Crippen LogP contribution >= 0.6 is 0 Å². The smallest absolute Gasteiger partial charge is 0.279 e. The van der Waals surface area contributed by atoms with Gasteiger partial charge in [0.2, 0.25) is 0 Å². The van der Waals surface area contributed by atoms with Crippen LogP contribution in [0, 0.1) is 0 Å². The molecule has 3 aromatic rings. The van der Waals surface area contributed by atoms with E-state index in [4.69, 9.17) is 4.98 Å². The van der Waals surface area contributed by atoms with Gasteiger partial charge in [0.25, 0.3) is 5.91 Å². The van der Waals surface area contributed by atoms with Gasteiger partial charge in [0.1, 0.15) is 17.8 Å². The molecule has 5 rings (SSSR count). The Morgan fingerprint density at radius 2 is 1.89 bits per heavy atom. The molecule has 0 unspecified atom stereocenters. The zero-order chi connectivity index (χ0) is 18.9. The number of hydrogen-bond acceptors (Lipinski definition) is 5. The number of aliphatic imine (C=N–C) groups is 1. The summed E-state index contributed by atoms with van der Waals surface area (Å²) in [7, 11) is 0. The molecule has 0 radical (unpaired) electrons. The third-order valence-corrected chi connectivity index (χ3v) is 5.41. The van der Waals surface area contributed by atoms with Crippen LogP contribution in [-0.4, -0.2) is 31.9 Å². The maximum atomic E-state index is 12.1. The molecule has 140 valence electrons. The van der Waals surface area contributed by atoms with Crippen LogP contribution in [0.5, 0.6) is 0 Å². The summed E-state index contributed by atoms with van der Waals surface area (Å²) in [5.41, 5.74) is 2.88. The highest BCUT2D eigenvalue weighted by Gasteiger charge is 2.21. The third-order valence-electron chi connectivity index (χ3n) is 5.41. The maximum Gasteiger partial charge on any atom is 0.279 e. The average molecular weight is 372 g/mol. The summed E-state index contributed by atoms with van der Waals surface area (Å²) in [6.07, 6.45) is 9.50. The number of benzene rings is 1. The lowest BCUT2D eigenvalue weighted by atomic mass is 9.95. The van der Waals surface area contributed by atoms with Crippen molar-refractivity contribution in [1.82, 2.24) is 19.7 Å². The normalized spacial score (nSPS) is 16.4. The Kier molecular flexibility index (Phi) is 4.20. The van der Waals surface area contributed by atoms with E-state index in [1.54, 1.807) is 6.21 Å². The third kappa shape index (κ3) is 2.98. The minimum atomic E-state index is -0.230. The first kappa shape index (κ1) is 16.8. The molecule has 0 bridgehead atoms. The Balaban J connectivity index is 1.45. The molecule has 1 aromatic carbocycles. The summed E-state index contributed by atoms with van der Waals surface area (Å²) in [5, 5.41) is 11.7. The van der Waals surface area contributed by atoms with E-state index in [1.165, 1.54) is 19.3 Å². The SMILES string of the molecule is O=C1N=Cc2cccc(Nc3cccc(-c4nncn4C4CCCCC4)n3)c21. The Morgan fingerprint density at radius 1 is 1.04 bits per heavy atom. The molecule has 0 atom stereocenters. The van der Waals surface area contributed by atoms with Crippen molar-refractivity contribution in [2.45, 2.75) is 38.1 Å². The number of fused-ring (bicyclic) bond motifs is 1. The fourth-order valence-corrected chi connectivity index (χ4v) is 4.03. The number of nitrogens with zero attached hydrogens (tertiary/aromatic N) is 5. The van der Waals surface area contributed by atoms with Crippen molar-refractivity contribution in [2.75, 3.05) is 5.32 Å². The zero-order valence-electron chi connectivity index (χ0n) is 15.4. The predicted octanol–water partition coefficient (Wildman–Crippen LogP) is 4.16. The highest BCUT2D eigenvalue weighted by molar-refractivity contribution is 6.16. The van der Waals surface area contributed by atoms with Gasteiger partial charge in [-0.25, -0.2) is 9.98 Å². The van der Waals surface area contributed by atoms with Crippen LogP contribution in [-0.2, 0) is 0 Å². The molecule has 1 N–H and O–H groups in total. The van der Waals surface area contributed by atoms with Crippen LogP contribution in [0.1, 0.15) is 54.1 Å². The Morgan fingerprint density at radius 3 is 2.79 bits per heavy atom. The predicted molar refractivity (Wildman–Crippen MR) is 107 cm³/mol. The van der Waals surface area contributed by atoms with Gasteiger partial charge < -0.3 is 9.88 Å². The molecule has 7 heteroatoms. The molecule has 2 aromatic heterocycles. The monoisotopic (exact) mass is 372 g/mol. The zero-order valence-corrected chi connectivity index (χ0v) is 15.4. The van der Waals surface area contributed by atoms with E-state index in [0.29, 0.717) is 23.1 Å². The van der Waals surface area contributed by atoms with E-state index in [1.807, 2.05) is 42.7 Å². The number of carbonyl (C=O) groups is 1. The number of nitrogens with one attached hydrogen (secondary N) is 1. The van der Waals surface area contributed by atoms with Crippen molar-refractivity contribution >= 4 is 23.6 Å². The molecule has 0 spiro atoms. The fraction of sp³-hybridized carbons (Fsp3) is 0.286. The van der Waals surface area contributed by atoms with Crippen LogP contribution in [0.2, 0.25) is 0 Å². The van der Waals surface area contributed by atoms with E-state index in [9.17, 15) is 4.79 Å².